The van der Waals surface area contributed by atoms with Crippen LogP contribution >= 0.6 is 0 Å². The molecule has 16 heavy (non-hydrogen) atoms. The quantitative estimate of drug-likeness (QED) is 0.655. The Kier molecular flexibility index (Phi) is 5.77. The van der Waals surface area contributed by atoms with Crippen molar-refractivity contribution in [3.05, 3.63) is 0 Å². The molecule has 0 aromatic carbocycles. The van der Waals surface area contributed by atoms with Crippen molar-refractivity contribution >= 4 is 5.91 Å². The van der Waals surface area contributed by atoms with Crippen LogP contribution in [0.3, 0.4) is 0 Å². The summed E-state index contributed by atoms with van der Waals surface area (Å²) >= 11 is 0. The monoisotopic (exact) mass is 228 g/mol. The van der Waals surface area contributed by atoms with Crippen molar-refractivity contribution in [2.45, 2.75) is 70.1 Å². The summed E-state index contributed by atoms with van der Waals surface area (Å²) in [7, 11) is 0. The zero-order valence-electron chi connectivity index (χ0n) is 10.1. The van der Waals surface area contributed by atoms with Crippen LogP contribution in [0.4, 0.5) is 0 Å². The molecule has 1 aliphatic rings. The molecule has 1 fully saturated rings. The zero-order chi connectivity index (χ0) is 12.0. The normalized spacial score (nSPS) is 27.4. The molecule has 0 aromatic heterocycles. The van der Waals surface area contributed by atoms with E-state index in [9.17, 15) is 9.90 Å². The number of aliphatic hydroxyl groups excluding tert-OH is 1. The smallest absolute Gasteiger partial charge is 0.220 e. The van der Waals surface area contributed by atoms with Gasteiger partial charge in [-0.25, -0.2) is 0 Å². The molecule has 1 aliphatic carbocycles. The molecule has 4 nitrogen and oxygen atoms in total. The van der Waals surface area contributed by atoms with E-state index in [-0.39, 0.29) is 24.1 Å². The molecule has 0 saturated heterocycles. The molecule has 4 N–H and O–H groups in total. The van der Waals surface area contributed by atoms with Gasteiger partial charge in [-0.3, -0.25) is 4.79 Å². The van der Waals surface area contributed by atoms with Crippen molar-refractivity contribution in [2.24, 2.45) is 5.73 Å². The number of aliphatic hydroxyl groups is 1. The summed E-state index contributed by atoms with van der Waals surface area (Å²) in [6.07, 6.45) is 5.74. The predicted octanol–water partition coefficient (Wildman–Crippen LogP) is 0.924. The van der Waals surface area contributed by atoms with Gasteiger partial charge in [-0.1, -0.05) is 12.8 Å². The molecule has 0 bridgehead atoms. The predicted molar refractivity (Wildman–Crippen MR) is 63.9 cm³/mol. The molecule has 1 amide bonds. The second-order valence-corrected chi connectivity index (χ2v) is 4.90. The van der Waals surface area contributed by atoms with E-state index in [1.807, 2.05) is 6.92 Å². The lowest BCUT2D eigenvalue weighted by molar-refractivity contribution is -0.123. The van der Waals surface area contributed by atoms with Gasteiger partial charge in [0.05, 0.1) is 12.1 Å². The Labute approximate surface area is 97.6 Å². The van der Waals surface area contributed by atoms with Gasteiger partial charge < -0.3 is 16.2 Å². The van der Waals surface area contributed by atoms with E-state index in [2.05, 4.69) is 5.32 Å². The fourth-order valence-corrected chi connectivity index (χ4v) is 2.14. The molecular formula is C12H24N2O2. The minimum Gasteiger partial charge on any atom is -0.391 e. The largest absolute Gasteiger partial charge is 0.391 e. The van der Waals surface area contributed by atoms with Crippen molar-refractivity contribution in [3.63, 3.8) is 0 Å². The summed E-state index contributed by atoms with van der Waals surface area (Å²) in [5, 5.41) is 12.6. The van der Waals surface area contributed by atoms with Crippen molar-refractivity contribution in [3.8, 4) is 0 Å². The van der Waals surface area contributed by atoms with Gasteiger partial charge in [-0.2, -0.15) is 0 Å². The molecule has 0 aromatic rings. The highest BCUT2D eigenvalue weighted by molar-refractivity contribution is 5.76. The Balaban J connectivity index is 2.17. The molecule has 1 saturated carbocycles. The lowest BCUT2D eigenvalue weighted by Gasteiger charge is -2.28. The average Bonchev–Trinajstić information content (AvgIpc) is 2.21. The fraction of sp³-hybridized carbons (Fsp3) is 0.917. The van der Waals surface area contributed by atoms with Gasteiger partial charge in [0, 0.05) is 12.5 Å². The summed E-state index contributed by atoms with van der Waals surface area (Å²) < 4.78 is 0. The number of nitrogens with two attached hydrogens (primary N) is 1. The van der Waals surface area contributed by atoms with Crippen molar-refractivity contribution in [1.82, 2.24) is 5.32 Å². The van der Waals surface area contributed by atoms with E-state index in [1.165, 1.54) is 0 Å². The third-order valence-corrected chi connectivity index (χ3v) is 3.14. The van der Waals surface area contributed by atoms with Gasteiger partial charge in [0.1, 0.15) is 0 Å². The highest BCUT2D eigenvalue weighted by Crippen LogP contribution is 2.18. The number of rotatable bonds is 5. The van der Waals surface area contributed by atoms with E-state index in [4.69, 9.17) is 5.73 Å². The highest BCUT2D eigenvalue weighted by atomic mass is 16.3. The Morgan fingerprint density at radius 1 is 1.50 bits per heavy atom. The maximum absolute atomic E-state index is 11.6. The molecule has 0 radical (unpaired) electrons. The third-order valence-electron chi connectivity index (χ3n) is 3.14. The topological polar surface area (TPSA) is 75.4 Å². The molecular weight excluding hydrogens is 204 g/mol. The van der Waals surface area contributed by atoms with Gasteiger partial charge >= 0.3 is 0 Å². The highest BCUT2D eigenvalue weighted by Gasteiger charge is 2.23. The maximum atomic E-state index is 11.6. The number of nitrogens with one attached hydrogen (secondary N) is 1. The number of carbonyl (C=O) groups is 1. The first-order chi connectivity index (χ1) is 7.59. The molecule has 4 heteroatoms. The Morgan fingerprint density at radius 2 is 2.19 bits per heavy atom. The van der Waals surface area contributed by atoms with Crippen LogP contribution in [0.25, 0.3) is 0 Å². The third kappa shape index (κ3) is 4.94. The lowest BCUT2D eigenvalue weighted by atomic mass is 9.92. The summed E-state index contributed by atoms with van der Waals surface area (Å²) in [6.45, 7) is 1.95. The van der Waals surface area contributed by atoms with E-state index >= 15 is 0 Å². The van der Waals surface area contributed by atoms with E-state index < -0.39 is 0 Å². The first-order valence-corrected chi connectivity index (χ1v) is 6.32. The second-order valence-electron chi connectivity index (χ2n) is 4.90. The SMILES string of the molecule is CC(N)CCCC(=O)N[C@H]1CCCC[C@@H]1O. The lowest BCUT2D eigenvalue weighted by Crippen LogP contribution is -2.45. The van der Waals surface area contributed by atoms with Crippen LogP contribution in [0.2, 0.25) is 0 Å². The Bertz CT molecular complexity index is 219. The van der Waals surface area contributed by atoms with Gasteiger partial charge in [0.25, 0.3) is 0 Å². The zero-order valence-corrected chi connectivity index (χ0v) is 10.1. The summed E-state index contributed by atoms with van der Waals surface area (Å²) in [5.41, 5.74) is 5.61. The Morgan fingerprint density at radius 3 is 2.81 bits per heavy atom. The number of hydrogen-bond acceptors (Lipinski definition) is 3. The first kappa shape index (κ1) is 13.5. The van der Waals surface area contributed by atoms with Crippen LogP contribution in [0.15, 0.2) is 0 Å². The summed E-state index contributed by atoms with van der Waals surface area (Å²) in [5.74, 6) is 0.0478. The maximum Gasteiger partial charge on any atom is 0.220 e. The molecule has 0 heterocycles. The van der Waals surface area contributed by atoms with Crippen LogP contribution in [-0.2, 0) is 4.79 Å². The van der Waals surface area contributed by atoms with Crippen molar-refractivity contribution < 1.29 is 9.90 Å². The van der Waals surface area contributed by atoms with Crippen LogP contribution in [0.1, 0.15) is 51.9 Å². The number of hydrogen-bond donors (Lipinski definition) is 3. The van der Waals surface area contributed by atoms with Crippen LogP contribution in [0, 0.1) is 0 Å². The van der Waals surface area contributed by atoms with Gasteiger partial charge in [-0.05, 0) is 32.6 Å². The van der Waals surface area contributed by atoms with Crippen molar-refractivity contribution in [2.75, 3.05) is 0 Å². The molecule has 94 valence electrons. The summed E-state index contributed by atoms with van der Waals surface area (Å²) in [6, 6.07) is 0.129. The van der Waals surface area contributed by atoms with Crippen LogP contribution in [0.5, 0.6) is 0 Å². The Hall–Kier alpha value is -0.610. The summed E-state index contributed by atoms with van der Waals surface area (Å²) in [4.78, 5) is 11.6. The van der Waals surface area contributed by atoms with Crippen LogP contribution in [-0.4, -0.2) is 29.2 Å². The fourth-order valence-electron chi connectivity index (χ4n) is 2.14. The van der Waals surface area contributed by atoms with Gasteiger partial charge in [0.2, 0.25) is 5.91 Å². The van der Waals surface area contributed by atoms with Crippen LogP contribution < -0.4 is 11.1 Å². The van der Waals surface area contributed by atoms with E-state index in [0.717, 1.165) is 38.5 Å². The molecule has 1 unspecified atom stereocenters. The second kappa shape index (κ2) is 6.86. The minimum atomic E-state index is -0.355. The molecule has 0 aliphatic heterocycles. The molecule has 3 atom stereocenters. The first-order valence-electron chi connectivity index (χ1n) is 6.32. The van der Waals surface area contributed by atoms with Gasteiger partial charge in [0.15, 0.2) is 0 Å². The number of amides is 1. The minimum absolute atomic E-state index is 0.0310. The van der Waals surface area contributed by atoms with Crippen molar-refractivity contribution in [1.29, 1.82) is 0 Å². The molecule has 0 spiro atoms. The van der Waals surface area contributed by atoms with E-state index in [1.54, 1.807) is 0 Å². The van der Waals surface area contributed by atoms with E-state index in [0.29, 0.717) is 6.42 Å². The standard InChI is InChI=1S/C12H24N2O2/c1-9(13)5-4-8-12(16)14-10-6-2-3-7-11(10)15/h9-11,15H,2-8,13H2,1H3,(H,14,16)/t9?,10-,11-/m0/s1. The number of carbonyl (C=O) groups excluding carboxylic acids is 1. The van der Waals surface area contributed by atoms with Gasteiger partial charge in [-0.15, -0.1) is 0 Å². The molecule has 1 rings (SSSR count). The average molecular weight is 228 g/mol.